The minimum atomic E-state index is -2.94. The fraction of sp³-hybridized carbons (Fsp3) is 0.434. The van der Waals surface area contributed by atoms with E-state index < -0.39 is 119 Å². The number of hydrogen-bond acceptors (Lipinski definition) is 20. The van der Waals surface area contributed by atoms with E-state index in [1.807, 2.05) is 212 Å². The summed E-state index contributed by atoms with van der Waals surface area (Å²) >= 11 is 0. The number of esters is 2. The number of ether oxygens (including phenoxy) is 14. The van der Waals surface area contributed by atoms with E-state index in [1.54, 1.807) is 6.07 Å². The fourth-order valence-electron chi connectivity index (χ4n) is 13.8. The molecule has 13 rings (SSSR count). The van der Waals surface area contributed by atoms with Crippen molar-refractivity contribution in [2.45, 2.75) is 263 Å². The van der Waals surface area contributed by atoms with Gasteiger partial charge in [0.2, 0.25) is 29.8 Å². The van der Waals surface area contributed by atoms with Crippen molar-refractivity contribution >= 4 is 45.2 Å². The highest BCUT2D eigenvalue weighted by Gasteiger charge is 2.60. The Balaban J connectivity index is 1.02. The molecule has 123 heavy (non-hydrogen) atoms. The molecule has 4 fully saturated rings. The number of benzene rings is 9. The molecule has 0 aliphatic carbocycles. The van der Waals surface area contributed by atoms with Gasteiger partial charge < -0.3 is 84.0 Å². The summed E-state index contributed by atoms with van der Waals surface area (Å²) in [6.07, 6.45) is -11.7. The maximum Gasteiger partial charge on any atom is 0.344 e. The zero-order valence-corrected chi connectivity index (χ0v) is 79.0. The van der Waals surface area contributed by atoms with Crippen molar-refractivity contribution < 1.29 is 93.6 Å². The van der Waals surface area contributed by atoms with E-state index in [9.17, 15) is 0 Å². The van der Waals surface area contributed by atoms with Gasteiger partial charge in [0.25, 0.3) is 0 Å². The summed E-state index contributed by atoms with van der Waals surface area (Å²) < 4.78 is 130. The summed E-state index contributed by atoms with van der Waals surface area (Å²) in [6, 6.07) is 72.2. The molecule has 12 atom stereocenters. The maximum atomic E-state index is 17.1. The predicted octanol–water partition coefficient (Wildman–Crippen LogP) is 22.9. The minimum Gasteiger partial charge on any atom is -0.485 e. The first-order valence-electron chi connectivity index (χ1n) is 42.8. The van der Waals surface area contributed by atoms with Gasteiger partial charge in [-0.2, -0.15) is 0 Å². The van der Waals surface area contributed by atoms with Gasteiger partial charge in [0.1, 0.15) is 87.4 Å². The molecule has 4 aliphatic heterocycles. The van der Waals surface area contributed by atoms with Crippen molar-refractivity contribution in [3.8, 4) is 40.2 Å². The van der Waals surface area contributed by atoms with E-state index in [0.717, 1.165) is 38.9 Å². The average Bonchev–Trinajstić information content (AvgIpc) is 0.748. The van der Waals surface area contributed by atoms with Crippen LogP contribution in [-0.2, 0) is 88.6 Å². The predicted molar refractivity (Wildman–Crippen MR) is 483 cm³/mol. The molecule has 0 aromatic heterocycles. The summed E-state index contributed by atoms with van der Waals surface area (Å²) in [7, 11) is -11.4. The highest BCUT2D eigenvalue weighted by Crippen LogP contribution is 2.55. The van der Waals surface area contributed by atoms with Crippen molar-refractivity contribution in [3.63, 3.8) is 0 Å². The van der Waals surface area contributed by atoms with E-state index in [1.165, 1.54) is 12.1 Å². The molecule has 656 valence electrons. The molecular formula is C99H124O20Si4. The minimum absolute atomic E-state index is 0.00190. The largest absolute Gasteiger partial charge is 0.485 e. The van der Waals surface area contributed by atoms with Crippen LogP contribution in [0.3, 0.4) is 0 Å². The molecule has 20 nitrogen and oxygen atoms in total. The third-order valence-electron chi connectivity index (χ3n) is 25.1. The van der Waals surface area contributed by atoms with Crippen molar-refractivity contribution in [2.24, 2.45) is 0 Å². The van der Waals surface area contributed by atoms with Gasteiger partial charge in [-0.3, -0.25) is 0 Å². The summed E-state index contributed by atoms with van der Waals surface area (Å²) in [5.41, 5.74) is 5.20. The monoisotopic (exact) mass is 1740 g/mol. The first-order chi connectivity index (χ1) is 58.3. The normalized spacial score (nSPS) is 22.2. The van der Waals surface area contributed by atoms with Gasteiger partial charge in [-0.15, -0.1) is 0 Å². The summed E-state index contributed by atoms with van der Waals surface area (Å²) in [6.45, 7) is 43.2. The number of rotatable bonds is 31. The van der Waals surface area contributed by atoms with Crippen molar-refractivity contribution in [1.29, 1.82) is 0 Å². The second-order valence-electron chi connectivity index (χ2n) is 38.3. The van der Waals surface area contributed by atoms with E-state index in [0.29, 0.717) is 0 Å². The van der Waals surface area contributed by atoms with Crippen LogP contribution in [0.15, 0.2) is 231 Å². The lowest BCUT2D eigenvalue weighted by Crippen LogP contribution is -2.68. The maximum absolute atomic E-state index is 17.1. The molecule has 9 aromatic carbocycles. The Bertz CT molecular complexity index is 4950. The first-order valence-corrected chi connectivity index (χ1v) is 54.4. The van der Waals surface area contributed by atoms with Gasteiger partial charge in [-0.1, -0.05) is 295 Å². The average molecular weight is 1750 g/mol. The number of carbonyl (C=O) groups is 2. The Kier molecular flexibility index (Phi) is 28.8. The van der Waals surface area contributed by atoms with Crippen LogP contribution in [0.4, 0.5) is 0 Å². The summed E-state index contributed by atoms with van der Waals surface area (Å²) in [5, 5.41) is -1.37. The van der Waals surface area contributed by atoms with Crippen LogP contribution in [0.1, 0.15) is 155 Å². The lowest BCUT2D eigenvalue weighted by molar-refractivity contribution is -0.349. The second kappa shape index (κ2) is 38.6. The molecule has 0 bridgehead atoms. The molecule has 4 aliphatic rings. The molecule has 0 saturated carbocycles. The molecule has 24 heteroatoms. The van der Waals surface area contributed by atoms with Gasteiger partial charge in [-0.05, 0) is 112 Å². The van der Waals surface area contributed by atoms with Crippen LogP contribution in [0.25, 0.3) is 0 Å². The molecule has 9 aromatic rings. The Morgan fingerprint density at radius 3 is 0.967 bits per heavy atom. The van der Waals surface area contributed by atoms with Crippen molar-refractivity contribution in [3.05, 3.63) is 281 Å². The molecular weight excluding hydrogens is 1620 g/mol. The van der Waals surface area contributed by atoms with E-state index in [4.69, 9.17) is 84.0 Å². The molecule has 4 saturated heterocycles. The number of fused-ring (bicyclic) bond motifs is 2. The van der Waals surface area contributed by atoms with Crippen LogP contribution in [0.2, 0.25) is 72.5 Å². The van der Waals surface area contributed by atoms with E-state index in [2.05, 4.69) is 135 Å². The van der Waals surface area contributed by atoms with Crippen LogP contribution in [-0.4, -0.2) is 120 Å². The molecule has 0 N–H and O–H groups in total. The van der Waals surface area contributed by atoms with E-state index >= 15 is 9.59 Å². The van der Waals surface area contributed by atoms with Crippen molar-refractivity contribution in [1.82, 2.24) is 0 Å². The summed E-state index contributed by atoms with van der Waals surface area (Å²) in [4.78, 5) is 33.6. The molecule has 4 heterocycles. The lowest BCUT2D eigenvalue weighted by Gasteiger charge is -2.53. The van der Waals surface area contributed by atoms with Crippen LogP contribution in [0, 0.1) is 0 Å². The standard InChI is InChI=1S/C99H124O20Si4/c1-96(2,3)120(13,14)116-86-83-78(64-107-92(112-83)71-52-38-26-39-53-71)110-94(88(86)118-122(17,18)98(7,8)9)114-90(100)73-56-75(102-59-66-42-28-21-29-43-66)81(104-61-68-46-32-23-33-47-68)77(57-73)109-80-74(58-76(103-60-67-44-30-22-31-45-67)82(105-62-69-48-34-24-35-49-69)85(80)106-63-70-50-36-25-37-51-70)91(101)115-95-89(119-123(19,20)99(10,11)12)87(117-121(15,16)97(4,5)6)84-79(111-95)65-108-93(113-84)72-54-40-27-41-55-72/h21-58,78-79,83-84,86-89,92-95H,59-65H2,1-20H3/t78-,79-,83-,84-,86+,87+,88-,89-,92-,93-,94+,95+/m1/s1. The van der Waals surface area contributed by atoms with Crippen LogP contribution >= 0.6 is 0 Å². The first kappa shape index (κ1) is 91.9. The van der Waals surface area contributed by atoms with Gasteiger partial charge >= 0.3 is 11.9 Å². The fourth-order valence-corrected chi connectivity index (χ4v) is 19.0. The second-order valence-corrected chi connectivity index (χ2v) is 57.3. The molecule has 0 unspecified atom stereocenters. The Labute approximate surface area is 731 Å². The quantitative estimate of drug-likeness (QED) is 0.0293. The topological polar surface area (TPSA) is 200 Å². The van der Waals surface area contributed by atoms with Gasteiger partial charge in [0.05, 0.1) is 18.8 Å². The SMILES string of the molecule is CC(C)(C)[Si](C)(C)O[C@@H]1[C@@H](O[Si](C)(C)C(C)(C)C)[C@H](OC(=O)c2cc(OCc3ccccc3)c(OCc3ccccc3)c(Oc3c(C(=O)O[C@@H]4O[C@@H]5CO[C@@H](c6ccccc6)O[C@H]5[C@H](O[Si](C)(C)C(C)(C)C)[C@H]4O[Si](C)(C)C(C)(C)C)cc(OCc4ccccc4)c(OCc4ccccc4)c3OCc3ccccc3)c2)O[C@@H]2CO[C@@H](c3ccccc3)O[C@@H]12. The third-order valence-corrected chi connectivity index (χ3v) is 43.0. The van der Waals surface area contributed by atoms with Crippen LogP contribution in [0.5, 0.6) is 40.2 Å². The summed E-state index contributed by atoms with van der Waals surface area (Å²) in [5.74, 6) is -2.17. The zero-order valence-electron chi connectivity index (χ0n) is 75.0. The van der Waals surface area contributed by atoms with Crippen LogP contribution < -0.4 is 28.4 Å². The van der Waals surface area contributed by atoms with Gasteiger partial charge in [0, 0.05) is 17.2 Å². The molecule has 0 amide bonds. The Hall–Kier alpha value is -8.81. The van der Waals surface area contributed by atoms with Gasteiger partial charge in [-0.25, -0.2) is 9.59 Å². The number of hydrogen-bond donors (Lipinski definition) is 0. The van der Waals surface area contributed by atoms with Crippen molar-refractivity contribution in [2.75, 3.05) is 13.2 Å². The lowest BCUT2D eigenvalue weighted by atomic mass is 9.97. The molecule has 0 radical (unpaired) electrons. The smallest absolute Gasteiger partial charge is 0.344 e. The van der Waals surface area contributed by atoms with Gasteiger partial charge in [0.15, 0.2) is 68.8 Å². The number of carbonyl (C=O) groups excluding carboxylic acids is 2. The zero-order chi connectivity index (χ0) is 87.9. The Morgan fingerprint density at radius 2 is 0.618 bits per heavy atom. The molecule has 0 spiro atoms. The Morgan fingerprint density at radius 1 is 0.325 bits per heavy atom. The highest BCUT2D eigenvalue weighted by molar-refractivity contribution is 6.75. The third kappa shape index (κ3) is 22.4. The highest BCUT2D eigenvalue weighted by atomic mass is 28.4. The van der Waals surface area contributed by atoms with E-state index in [-0.39, 0.29) is 118 Å².